The van der Waals surface area contributed by atoms with Crippen molar-refractivity contribution < 1.29 is 4.74 Å². The summed E-state index contributed by atoms with van der Waals surface area (Å²) in [5.74, 6) is 2.73. The topological polar surface area (TPSA) is 21.3 Å². The van der Waals surface area contributed by atoms with Crippen LogP contribution in [0.4, 0.5) is 0 Å². The molecule has 0 amide bonds. The van der Waals surface area contributed by atoms with Gasteiger partial charge in [-0.05, 0) is 49.2 Å². The fourth-order valence-corrected chi connectivity index (χ4v) is 2.67. The van der Waals surface area contributed by atoms with E-state index < -0.39 is 0 Å². The number of nitrogens with one attached hydrogen (secondary N) is 1. The van der Waals surface area contributed by atoms with Crippen molar-refractivity contribution in [3.63, 3.8) is 0 Å². The first-order valence-electron chi connectivity index (χ1n) is 6.56. The van der Waals surface area contributed by atoms with E-state index in [1.54, 1.807) is 0 Å². The average Bonchev–Trinajstić information content (AvgIpc) is 2.45. The van der Waals surface area contributed by atoms with Gasteiger partial charge in [0.1, 0.15) is 11.5 Å². The molecule has 0 aliphatic rings. The molecule has 0 heterocycles. The molecule has 0 radical (unpaired) electrons. The number of rotatable bonds is 6. The molecule has 0 atom stereocenters. The second-order valence-corrected chi connectivity index (χ2v) is 6.06. The maximum atomic E-state index is 5.99. The van der Waals surface area contributed by atoms with Gasteiger partial charge < -0.3 is 10.1 Å². The van der Waals surface area contributed by atoms with Crippen LogP contribution in [0.15, 0.2) is 47.4 Å². The van der Waals surface area contributed by atoms with Crippen LogP contribution in [-0.2, 0) is 6.54 Å². The van der Waals surface area contributed by atoms with Crippen LogP contribution in [0.1, 0.15) is 12.5 Å². The zero-order chi connectivity index (χ0) is 14.4. The molecule has 106 valence electrons. The van der Waals surface area contributed by atoms with Gasteiger partial charge in [0, 0.05) is 22.0 Å². The summed E-state index contributed by atoms with van der Waals surface area (Å²) in [5, 5.41) is 3.87. The van der Waals surface area contributed by atoms with Crippen LogP contribution < -0.4 is 10.1 Å². The van der Waals surface area contributed by atoms with Gasteiger partial charge in [0.2, 0.25) is 0 Å². The molecule has 2 nitrogen and oxygen atoms in total. The van der Waals surface area contributed by atoms with Crippen molar-refractivity contribution in [1.82, 2.24) is 5.32 Å². The molecule has 2 aromatic carbocycles. The predicted octanol–water partition coefficient (Wildman–Crippen LogP) is 4.96. The van der Waals surface area contributed by atoms with Crippen LogP contribution in [0, 0.1) is 0 Å². The zero-order valence-electron chi connectivity index (χ0n) is 11.7. The largest absolute Gasteiger partial charge is 0.457 e. The van der Waals surface area contributed by atoms with Gasteiger partial charge in [-0.25, -0.2) is 0 Å². The third kappa shape index (κ3) is 4.17. The Kier molecular flexibility index (Phi) is 5.77. The summed E-state index contributed by atoms with van der Waals surface area (Å²) in [6, 6.07) is 13.8. The summed E-state index contributed by atoms with van der Waals surface area (Å²) in [7, 11) is 1.93. The number of hydrogen-bond acceptors (Lipinski definition) is 3. The first-order chi connectivity index (χ1) is 9.72. The third-order valence-corrected chi connectivity index (χ3v) is 3.89. The molecular weight excluding hydrogens is 290 g/mol. The second kappa shape index (κ2) is 7.58. The summed E-state index contributed by atoms with van der Waals surface area (Å²) >= 11 is 7.70. The maximum Gasteiger partial charge on any atom is 0.133 e. The Morgan fingerprint density at radius 3 is 2.55 bits per heavy atom. The van der Waals surface area contributed by atoms with Gasteiger partial charge in [-0.2, -0.15) is 0 Å². The standard InChI is InChI=1S/C16H18ClNOS/c1-3-20-15-9-4-12(11-18-2)16(10-15)19-14-7-5-13(17)6-8-14/h4-10,18H,3,11H2,1-2H3. The van der Waals surface area contributed by atoms with Crippen molar-refractivity contribution >= 4 is 23.4 Å². The number of hydrogen-bond donors (Lipinski definition) is 1. The van der Waals surface area contributed by atoms with Crippen molar-refractivity contribution in [1.29, 1.82) is 0 Å². The molecule has 0 aliphatic heterocycles. The maximum absolute atomic E-state index is 5.99. The van der Waals surface area contributed by atoms with E-state index in [2.05, 4.69) is 30.4 Å². The first-order valence-corrected chi connectivity index (χ1v) is 7.93. The van der Waals surface area contributed by atoms with E-state index in [0.29, 0.717) is 5.02 Å². The van der Waals surface area contributed by atoms with E-state index in [9.17, 15) is 0 Å². The molecule has 1 N–H and O–H groups in total. The average molecular weight is 308 g/mol. The Morgan fingerprint density at radius 1 is 1.15 bits per heavy atom. The normalized spacial score (nSPS) is 10.6. The Balaban J connectivity index is 2.26. The van der Waals surface area contributed by atoms with Crippen LogP contribution >= 0.6 is 23.4 Å². The smallest absolute Gasteiger partial charge is 0.133 e. The molecule has 0 saturated heterocycles. The van der Waals surface area contributed by atoms with Crippen molar-refractivity contribution in [2.45, 2.75) is 18.4 Å². The monoisotopic (exact) mass is 307 g/mol. The summed E-state index contributed by atoms with van der Waals surface area (Å²) < 4.78 is 5.99. The Hall–Kier alpha value is -1.16. The molecule has 0 aliphatic carbocycles. The summed E-state index contributed by atoms with van der Waals surface area (Å²) in [5.41, 5.74) is 1.14. The van der Waals surface area contributed by atoms with Gasteiger partial charge in [0.25, 0.3) is 0 Å². The minimum Gasteiger partial charge on any atom is -0.457 e. The lowest BCUT2D eigenvalue weighted by Crippen LogP contribution is -2.06. The van der Waals surface area contributed by atoms with Gasteiger partial charge in [0.15, 0.2) is 0 Å². The first kappa shape index (κ1) is 15.2. The Labute approximate surface area is 129 Å². The van der Waals surface area contributed by atoms with Gasteiger partial charge in [-0.1, -0.05) is 24.6 Å². The Bertz CT molecular complexity index is 557. The molecule has 0 unspecified atom stereocenters. The van der Waals surface area contributed by atoms with E-state index in [1.165, 1.54) is 4.90 Å². The molecular formula is C16H18ClNOS. The highest BCUT2D eigenvalue weighted by atomic mass is 35.5. The number of benzene rings is 2. The molecule has 0 bridgehead atoms. The van der Waals surface area contributed by atoms with Crippen LogP contribution in [0.25, 0.3) is 0 Å². The highest BCUT2D eigenvalue weighted by molar-refractivity contribution is 7.99. The lowest BCUT2D eigenvalue weighted by atomic mass is 10.2. The van der Waals surface area contributed by atoms with Crippen molar-refractivity contribution in [3.8, 4) is 11.5 Å². The van der Waals surface area contributed by atoms with E-state index in [-0.39, 0.29) is 0 Å². The van der Waals surface area contributed by atoms with Gasteiger partial charge in [-0.15, -0.1) is 11.8 Å². The molecule has 0 spiro atoms. The van der Waals surface area contributed by atoms with Gasteiger partial charge >= 0.3 is 0 Å². The van der Waals surface area contributed by atoms with Crippen LogP contribution in [0.5, 0.6) is 11.5 Å². The lowest BCUT2D eigenvalue weighted by molar-refractivity contribution is 0.473. The summed E-state index contributed by atoms with van der Waals surface area (Å²) in [6.07, 6.45) is 0. The lowest BCUT2D eigenvalue weighted by Gasteiger charge is -2.12. The van der Waals surface area contributed by atoms with E-state index in [0.717, 1.165) is 29.4 Å². The molecule has 2 rings (SSSR count). The van der Waals surface area contributed by atoms with E-state index in [4.69, 9.17) is 16.3 Å². The number of halogens is 1. The minimum absolute atomic E-state index is 0.711. The van der Waals surface area contributed by atoms with E-state index in [1.807, 2.05) is 43.1 Å². The second-order valence-electron chi connectivity index (χ2n) is 4.29. The van der Waals surface area contributed by atoms with E-state index >= 15 is 0 Å². The minimum atomic E-state index is 0.711. The highest BCUT2D eigenvalue weighted by Crippen LogP contribution is 2.31. The number of thioether (sulfide) groups is 1. The SMILES string of the molecule is CCSc1ccc(CNC)c(Oc2ccc(Cl)cc2)c1. The molecule has 2 aromatic rings. The van der Waals surface area contributed by atoms with Crippen molar-refractivity contribution in [2.75, 3.05) is 12.8 Å². The predicted molar refractivity (Wildman–Crippen MR) is 87.1 cm³/mol. The molecule has 0 fully saturated rings. The zero-order valence-corrected chi connectivity index (χ0v) is 13.2. The quantitative estimate of drug-likeness (QED) is 0.762. The fourth-order valence-electron chi connectivity index (χ4n) is 1.85. The molecule has 0 saturated carbocycles. The molecule has 0 aromatic heterocycles. The highest BCUT2D eigenvalue weighted by Gasteiger charge is 2.06. The van der Waals surface area contributed by atoms with Crippen LogP contribution in [-0.4, -0.2) is 12.8 Å². The van der Waals surface area contributed by atoms with Crippen LogP contribution in [0.3, 0.4) is 0 Å². The van der Waals surface area contributed by atoms with Crippen molar-refractivity contribution in [3.05, 3.63) is 53.1 Å². The summed E-state index contributed by atoms with van der Waals surface area (Å²) in [4.78, 5) is 1.22. The van der Waals surface area contributed by atoms with Crippen molar-refractivity contribution in [2.24, 2.45) is 0 Å². The molecule has 20 heavy (non-hydrogen) atoms. The van der Waals surface area contributed by atoms with Gasteiger partial charge in [-0.3, -0.25) is 0 Å². The third-order valence-electron chi connectivity index (χ3n) is 2.76. The molecule has 4 heteroatoms. The van der Waals surface area contributed by atoms with Gasteiger partial charge in [0.05, 0.1) is 0 Å². The van der Waals surface area contributed by atoms with Crippen LogP contribution in [0.2, 0.25) is 5.02 Å². The number of ether oxygens (including phenoxy) is 1. The Morgan fingerprint density at radius 2 is 1.90 bits per heavy atom. The fraction of sp³-hybridized carbons (Fsp3) is 0.250. The summed E-state index contributed by atoms with van der Waals surface area (Å²) in [6.45, 7) is 2.92.